The number of thioether (sulfide) groups is 1. The largest absolute Gasteiger partial charge is 0.493 e. The van der Waals surface area contributed by atoms with Crippen molar-refractivity contribution in [2.24, 2.45) is 0 Å². The van der Waals surface area contributed by atoms with Gasteiger partial charge in [0.15, 0.2) is 16.7 Å². The lowest BCUT2D eigenvalue weighted by atomic mass is 10.1. The van der Waals surface area contributed by atoms with Crippen molar-refractivity contribution < 1.29 is 14.4 Å². The molecule has 0 saturated heterocycles. The second-order valence-electron chi connectivity index (χ2n) is 7.16. The third kappa shape index (κ3) is 5.21. The van der Waals surface area contributed by atoms with Crippen molar-refractivity contribution in [3.05, 3.63) is 69.0 Å². The monoisotopic (exact) mass is 452 g/mol. The molecule has 32 heavy (non-hydrogen) atoms. The van der Waals surface area contributed by atoms with E-state index in [1.165, 1.54) is 24.4 Å². The van der Waals surface area contributed by atoms with Gasteiger partial charge in [0.2, 0.25) is 6.54 Å². The van der Waals surface area contributed by atoms with E-state index in [1.54, 1.807) is 18.2 Å². The number of aryl methyl sites for hydroxylation is 3. The summed E-state index contributed by atoms with van der Waals surface area (Å²) in [4.78, 5) is 11.1. The van der Waals surface area contributed by atoms with E-state index >= 15 is 0 Å². The minimum atomic E-state index is -0.519. The summed E-state index contributed by atoms with van der Waals surface area (Å²) < 4.78 is 12.8. The smallest absolute Gasteiger partial charge is 0.220 e. The molecule has 0 aliphatic heterocycles. The minimum absolute atomic E-state index is 0.0983. The lowest BCUT2D eigenvalue weighted by Crippen LogP contribution is -2.11. The molecule has 9 heteroatoms. The maximum Gasteiger partial charge on any atom is 0.220 e. The minimum Gasteiger partial charge on any atom is -0.493 e. The molecule has 0 spiro atoms. The SMILES string of the molecule is C#CCOc1ccc([C@@H](C[N+](=O)[O-])Sc2nnc(C)n2-c2ccc(C)c(C)c2)cc1OC. The molecular formula is C23H24N4O4S. The third-order valence-electron chi connectivity index (χ3n) is 4.98. The van der Waals surface area contributed by atoms with Crippen LogP contribution in [0.15, 0.2) is 41.6 Å². The molecule has 1 aromatic heterocycles. The molecule has 0 amide bonds. The molecule has 1 atom stereocenters. The van der Waals surface area contributed by atoms with E-state index in [-0.39, 0.29) is 18.1 Å². The van der Waals surface area contributed by atoms with Crippen molar-refractivity contribution in [3.8, 4) is 29.5 Å². The van der Waals surface area contributed by atoms with Gasteiger partial charge in [-0.25, -0.2) is 0 Å². The Balaban J connectivity index is 1.98. The molecule has 0 N–H and O–H groups in total. The lowest BCUT2D eigenvalue weighted by Gasteiger charge is -2.17. The maximum absolute atomic E-state index is 11.4. The fourth-order valence-corrected chi connectivity index (χ4v) is 4.34. The molecule has 0 saturated carbocycles. The predicted molar refractivity (Wildman–Crippen MR) is 123 cm³/mol. The number of hydrogen-bond donors (Lipinski definition) is 0. The molecule has 3 aromatic rings. The van der Waals surface area contributed by atoms with Crippen molar-refractivity contribution in [2.75, 3.05) is 20.3 Å². The fraction of sp³-hybridized carbons (Fsp3) is 0.304. The van der Waals surface area contributed by atoms with Crippen molar-refractivity contribution in [3.63, 3.8) is 0 Å². The van der Waals surface area contributed by atoms with Crippen molar-refractivity contribution in [2.45, 2.75) is 31.2 Å². The molecule has 0 fully saturated rings. The van der Waals surface area contributed by atoms with Gasteiger partial charge in [-0.1, -0.05) is 29.8 Å². The number of methoxy groups -OCH3 is 1. The molecule has 0 radical (unpaired) electrons. The summed E-state index contributed by atoms with van der Waals surface area (Å²) in [5.41, 5.74) is 3.94. The van der Waals surface area contributed by atoms with Crippen LogP contribution in [0, 0.1) is 43.2 Å². The Kier molecular flexibility index (Phi) is 7.38. The van der Waals surface area contributed by atoms with Crippen LogP contribution in [0.4, 0.5) is 0 Å². The second kappa shape index (κ2) is 10.2. The van der Waals surface area contributed by atoms with E-state index in [0.717, 1.165) is 11.3 Å². The van der Waals surface area contributed by atoms with Crippen LogP contribution < -0.4 is 9.47 Å². The van der Waals surface area contributed by atoms with Crippen LogP contribution in [0.1, 0.15) is 27.8 Å². The molecule has 0 aliphatic rings. The second-order valence-corrected chi connectivity index (χ2v) is 8.33. The van der Waals surface area contributed by atoms with Crippen LogP contribution in [-0.4, -0.2) is 39.9 Å². The Hall–Kier alpha value is -3.51. The van der Waals surface area contributed by atoms with Gasteiger partial charge in [0.05, 0.1) is 7.11 Å². The Morgan fingerprint density at radius 1 is 1.16 bits per heavy atom. The number of ether oxygens (including phenoxy) is 2. The summed E-state index contributed by atoms with van der Waals surface area (Å²) in [5, 5.41) is 20.0. The van der Waals surface area contributed by atoms with E-state index in [0.29, 0.717) is 28.0 Å². The maximum atomic E-state index is 11.4. The zero-order chi connectivity index (χ0) is 23.3. The highest BCUT2D eigenvalue weighted by atomic mass is 32.2. The topological polar surface area (TPSA) is 92.3 Å². The van der Waals surface area contributed by atoms with Crippen LogP contribution in [0.5, 0.6) is 11.5 Å². The number of benzene rings is 2. The van der Waals surface area contributed by atoms with Crippen LogP contribution >= 0.6 is 11.8 Å². The van der Waals surface area contributed by atoms with Gasteiger partial charge in [0.1, 0.15) is 17.7 Å². The quantitative estimate of drug-likeness (QED) is 0.207. The summed E-state index contributed by atoms with van der Waals surface area (Å²) in [7, 11) is 1.51. The first-order chi connectivity index (χ1) is 15.3. The van der Waals surface area contributed by atoms with Crippen LogP contribution in [0.25, 0.3) is 5.69 Å². The lowest BCUT2D eigenvalue weighted by molar-refractivity contribution is -0.479. The highest BCUT2D eigenvalue weighted by molar-refractivity contribution is 7.99. The molecule has 2 aromatic carbocycles. The van der Waals surface area contributed by atoms with Gasteiger partial charge in [-0.2, -0.15) is 0 Å². The number of hydrogen-bond acceptors (Lipinski definition) is 7. The summed E-state index contributed by atoms with van der Waals surface area (Å²) in [5.74, 6) is 4.04. The summed E-state index contributed by atoms with van der Waals surface area (Å²) >= 11 is 1.28. The van der Waals surface area contributed by atoms with Crippen LogP contribution in [-0.2, 0) is 0 Å². The van der Waals surface area contributed by atoms with Gasteiger partial charge in [-0.05, 0) is 61.7 Å². The zero-order valence-corrected chi connectivity index (χ0v) is 19.2. The fourth-order valence-electron chi connectivity index (χ4n) is 3.18. The van der Waals surface area contributed by atoms with E-state index in [1.807, 2.05) is 37.5 Å². The van der Waals surface area contributed by atoms with Gasteiger partial charge in [-0.3, -0.25) is 14.7 Å². The van der Waals surface area contributed by atoms with E-state index in [4.69, 9.17) is 15.9 Å². The molecule has 0 aliphatic carbocycles. The zero-order valence-electron chi connectivity index (χ0n) is 18.4. The number of aromatic nitrogens is 3. The molecule has 0 unspecified atom stereocenters. The van der Waals surface area contributed by atoms with Crippen LogP contribution in [0.3, 0.4) is 0 Å². The Labute approximate surface area is 191 Å². The first kappa shape index (κ1) is 23.2. The molecule has 8 nitrogen and oxygen atoms in total. The standard InChI is InChI=1S/C23H24N4O4S/c1-6-11-31-20-10-8-18(13-21(20)30-5)22(14-26(28)29)32-23-25-24-17(4)27(23)19-9-7-15(2)16(3)12-19/h1,7-10,12-13,22H,11,14H2,2-5H3/t22-/m1/s1. The average Bonchev–Trinajstić information content (AvgIpc) is 3.13. The molecule has 0 bridgehead atoms. The van der Waals surface area contributed by atoms with Crippen molar-refractivity contribution in [1.82, 2.24) is 14.8 Å². The van der Waals surface area contributed by atoms with Gasteiger partial charge in [-0.15, -0.1) is 16.6 Å². The summed E-state index contributed by atoms with van der Waals surface area (Å²) in [6.07, 6.45) is 5.26. The van der Waals surface area contributed by atoms with E-state index in [2.05, 4.69) is 22.2 Å². The number of terminal acetylenes is 1. The molecule has 1 heterocycles. The van der Waals surface area contributed by atoms with Crippen molar-refractivity contribution >= 4 is 11.8 Å². The Bertz CT molecular complexity index is 1170. The molecular weight excluding hydrogens is 428 g/mol. The number of nitro groups is 1. The molecule has 3 rings (SSSR count). The average molecular weight is 453 g/mol. The van der Waals surface area contributed by atoms with Gasteiger partial charge in [0, 0.05) is 10.6 Å². The van der Waals surface area contributed by atoms with Crippen LogP contribution in [0.2, 0.25) is 0 Å². The number of rotatable bonds is 9. The van der Waals surface area contributed by atoms with Crippen molar-refractivity contribution in [1.29, 1.82) is 0 Å². The first-order valence-corrected chi connectivity index (χ1v) is 10.7. The third-order valence-corrected chi connectivity index (χ3v) is 6.16. The Morgan fingerprint density at radius 2 is 1.94 bits per heavy atom. The first-order valence-electron chi connectivity index (χ1n) is 9.86. The predicted octanol–water partition coefficient (Wildman–Crippen LogP) is 4.32. The number of nitrogens with zero attached hydrogens (tertiary/aromatic N) is 4. The summed E-state index contributed by atoms with van der Waals surface area (Å²) in [6.45, 7) is 5.75. The van der Waals surface area contributed by atoms with E-state index < -0.39 is 5.25 Å². The normalized spacial score (nSPS) is 11.6. The van der Waals surface area contributed by atoms with Gasteiger partial charge in [0.25, 0.3) is 0 Å². The highest BCUT2D eigenvalue weighted by Gasteiger charge is 2.25. The van der Waals surface area contributed by atoms with E-state index in [9.17, 15) is 10.1 Å². The van der Waals surface area contributed by atoms with Gasteiger partial charge >= 0.3 is 0 Å². The highest BCUT2D eigenvalue weighted by Crippen LogP contribution is 2.39. The molecule has 166 valence electrons. The van der Waals surface area contributed by atoms with Gasteiger partial charge < -0.3 is 9.47 Å². The Morgan fingerprint density at radius 3 is 2.59 bits per heavy atom. The summed E-state index contributed by atoms with van der Waals surface area (Å²) in [6, 6.07) is 11.3.